The first-order valence-corrected chi connectivity index (χ1v) is 9.45. The molecule has 0 amide bonds. The van der Waals surface area contributed by atoms with Crippen molar-refractivity contribution in [2.45, 2.75) is 6.92 Å². The number of hydrogen-bond acceptors (Lipinski definition) is 2. The quantitative estimate of drug-likeness (QED) is 0.794. The second kappa shape index (κ2) is 5.87. The van der Waals surface area contributed by atoms with E-state index < -0.39 is 20.2 Å². The predicted molar refractivity (Wildman–Crippen MR) is 69.7 cm³/mol. The van der Waals surface area contributed by atoms with Crippen LogP contribution in [0.5, 0.6) is 0 Å². The Labute approximate surface area is 109 Å². The second-order valence-electron chi connectivity index (χ2n) is 3.65. The molecule has 1 radical (unpaired) electrons. The van der Waals surface area contributed by atoms with Crippen molar-refractivity contribution >= 4 is 33.3 Å². The zero-order chi connectivity index (χ0) is 12.1. The van der Waals surface area contributed by atoms with Crippen LogP contribution in [0.3, 0.4) is 0 Å². The van der Waals surface area contributed by atoms with Crippen LogP contribution in [-0.4, -0.2) is 26.1 Å². The third-order valence-electron chi connectivity index (χ3n) is 2.32. The second-order valence-corrected chi connectivity index (χ2v) is 9.41. The van der Waals surface area contributed by atoms with Crippen LogP contribution < -0.4 is 7.16 Å². The van der Waals surface area contributed by atoms with Crippen molar-refractivity contribution in [3.8, 4) is 0 Å². The van der Waals surface area contributed by atoms with Crippen molar-refractivity contribution in [1.82, 2.24) is 0 Å². The zero-order valence-corrected chi connectivity index (χ0v) is 12.4. The summed E-state index contributed by atoms with van der Waals surface area (Å²) in [6, 6.07) is 20.1. The third-order valence-corrected chi connectivity index (χ3v) is 8.62. The van der Waals surface area contributed by atoms with Gasteiger partial charge in [-0.1, -0.05) is 0 Å². The average molecular weight is 332 g/mol. The van der Waals surface area contributed by atoms with Gasteiger partial charge < -0.3 is 0 Å². The van der Waals surface area contributed by atoms with Crippen molar-refractivity contribution in [2.75, 3.05) is 0 Å². The maximum absolute atomic E-state index is 11.2. The Hall–Kier alpha value is -1.29. The van der Waals surface area contributed by atoms with Gasteiger partial charge in [0.1, 0.15) is 0 Å². The topological polar surface area (TPSA) is 26.3 Å². The molecule has 0 spiro atoms. The van der Waals surface area contributed by atoms with Crippen LogP contribution in [0.2, 0.25) is 0 Å². The summed E-state index contributed by atoms with van der Waals surface area (Å²) in [5, 5.41) is 0. The summed E-state index contributed by atoms with van der Waals surface area (Å²) in [6.07, 6.45) is 0. The summed E-state index contributed by atoms with van der Waals surface area (Å²) >= 11 is -2.50. The molecular formula is C14H13O2Sn. The number of carbonyl (C=O) groups excluding carboxylic acids is 1. The van der Waals surface area contributed by atoms with E-state index in [4.69, 9.17) is 3.07 Å². The molecule has 0 fully saturated rings. The van der Waals surface area contributed by atoms with E-state index in [0.29, 0.717) is 0 Å². The Kier molecular flexibility index (Phi) is 4.20. The molecule has 2 aromatic carbocycles. The van der Waals surface area contributed by atoms with Crippen molar-refractivity contribution in [3.05, 3.63) is 60.7 Å². The van der Waals surface area contributed by atoms with Crippen LogP contribution in [-0.2, 0) is 7.87 Å². The van der Waals surface area contributed by atoms with Gasteiger partial charge in [-0.3, -0.25) is 0 Å². The minimum atomic E-state index is -2.50. The summed E-state index contributed by atoms with van der Waals surface area (Å²) in [5.41, 5.74) is 0. The molecule has 2 rings (SSSR count). The molecule has 0 N–H and O–H groups in total. The predicted octanol–water partition coefficient (Wildman–Crippen LogP) is 1.36. The molecule has 85 valence electrons. The molecule has 0 aliphatic rings. The SMILES string of the molecule is CC(=O)[O][Sn]([c]1ccccc1)[c]1ccccc1. The first kappa shape index (κ1) is 12.2. The molecule has 3 heteroatoms. The summed E-state index contributed by atoms with van der Waals surface area (Å²) in [4.78, 5) is 11.2. The Morgan fingerprint density at radius 2 is 1.29 bits per heavy atom. The summed E-state index contributed by atoms with van der Waals surface area (Å²) in [5.74, 6) is -0.188. The Morgan fingerprint density at radius 1 is 0.882 bits per heavy atom. The normalized spacial score (nSPS) is 10.2. The van der Waals surface area contributed by atoms with E-state index in [9.17, 15) is 4.79 Å². The Bertz CT molecular complexity index is 443. The van der Waals surface area contributed by atoms with E-state index in [1.54, 1.807) is 0 Å². The van der Waals surface area contributed by atoms with Gasteiger partial charge in [0.15, 0.2) is 0 Å². The van der Waals surface area contributed by atoms with Gasteiger partial charge in [-0.15, -0.1) is 0 Å². The van der Waals surface area contributed by atoms with E-state index >= 15 is 0 Å². The fourth-order valence-corrected chi connectivity index (χ4v) is 6.88. The van der Waals surface area contributed by atoms with Gasteiger partial charge in [0, 0.05) is 0 Å². The average Bonchev–Trinajstić information content (AvgIpc) is 2.38. The first-order chi connectivity index (χ1) is 8.27. The molecule has 0 saturated heterocycles. The number of rotatable bonds is 3. The molecule has 2 nitrogen and oxygen atoms in total. The molecule has 0 atom stereocenters. The van der Waals surface area contributed by atoms with Crippen molar-refractivity contribution in [1.29, 1.82) is 0 Å². The van der Waals surface area contributed by atoms with Crippen molar-refractivity contribution < 1.29 is 7.87 Å². The maximum atomic E-state index is 11.2. The molecule has 17 heavy (non-hydrogen) atoms. The third kappa shape index (κ3) is 3.33. The van der Waals surface area contributed by atoms with E-state index in [2.05, 4.69) is 0 Å². The van der Waals surface area contributed by atoms with E-state index in [1.807, 2.05) is 60.7 Å². The molecule has 0 aliphatic heterocycles. The van der Waals surface area contributed by atoms with Gasteiger partial charge in [-0.25, -0.2) is 0 Å². The monoisotopic (exact) mass is 333 g/mol. The fourth-order valence-electron chi connectivity index (χ4n) is 1.61. The molecule has 0 saturated carbocycles. The van der Waals surface area contributed by atoms with Crippen molar-refractivity contribution in [3.63, 3.8) is 0 Å². The van der Waals surface area contributed by atoms with Crippen molar-refractivity contribution in [2.24, 2.45) is 0 Å². The van der Waals surface area contributed by atoms with E-state index in [-0.39, 0.29) is 5.97 Å². The van der Waals surface area contributed by atoms with Gasteiger partial charge >= 0.3 is 109 Å². The van der Waals surface area contributed by atoms with Gasteiger partial charge in [-0.05, 0) is 0 Å². The summed E-state index contributed by atoms with van der Waals surface area (Å²) < 4.78 is 7.93. The van der Waals surface area contributed by atoms with Crippen LogP contribution in [0.25, 0.3) is 0 Å². The molecule has 2 aromatic rings. The van der Waals surface area contributed by atoms with Gasteiger partial charge in [0.2, 0.25) is 0 Å². The molecule has 0 unspecified atom stereocenters. The van der Waals surface area contributed by atoms with Gasteiger partial charge in [-0.2, -0.15) is 0 Å². The van der Waals surface area contributed by atoms with Crippen LogP contribution in [0.15, 0.2) is 60.7 Å². The molecule has 0 aliphatic carbocycles. The van der Waals surface area contributed by atoms with Crippen LogP contribution in [0, 0.1) is 0 Å². The Morgan fingerprint density at radius 3 is 1.65 bits per heavy atom. The number of carbonyl (C=O) groups is 1. The van der Waals surface area contributed by atoms with E-state index in [0.717, 1.165) is 0 Å². The van der Waals surface area contributed by atoms with Gasteiger partial charge in [0.25, 0.3) is 0 Å². The van der Waals surface area contributed by atoms with Crippen LogP contribution in [0.4, 0.5) is 0 Å². The molecular weight excluding hydrogens is 319 g/mol. The number of benzene rings is 2. The minimum absolute atomic E-state index is 0.188. The summed E-state index contributed by atoms with van der Waals surface area (Å²) in [7, 11) is 0. The van der Waals surface area contributed by atoms with Crippen LogP contribution in [0.1, 0.15) is 6.92 Å². The fraction of sp³-hybridized carbons (Fsp3) is 0.0714. The van der Waals surface area contributed by atoms with E-state index in [1.165, 1.54) is 14.1 Å². The van der Waals surface area contributed by atoms with Gasteiger partial charge in [0.05, 0.1) is 0 Å². The first-order valence-electron chi connectivity index (χ1n) is 5.43. The number of hydrogen-bond donors (Lipinski definition) is 0. The van der Waals surface area contributed by atoms with Crippen LogP contribution >= 0.6 is 0 Å². The summed E-state index contributed by atoms with van der Waals surface area (Å²) in [6.45, 7) is 1.48. The molecule has 0 heterocycles. The Balaban J connectivity index is 2.36. The standard InChI is InChI=1S/2C6H5.C2H4O2.Sn/c2*1-2-4-6-5-3-1;1-2(3)4;/h2*1-5H;1H3,(H,3,4);/q;;;+1/p-1. The molecule has 0 bridgehead atoms. The zero-order valence-electron chi connectivity index (χ0n) is 9.59. The molecule has 0 aromatic heterocycles.